The second kappa shape index (κ2) is 9.13. The first-order chi connectivity index (χ1) is 14.6. The van der Waals surface area contributed by atoms with E-state index < -0.39 is 6.43 Å². The van der Waals surface area contributed by atoms with Gasteiger partial charge < -0.3 is 5.32 Å². The number of hydrogen-bond acceptors (Lipinski definition) is 4. The van der Waals surface area contributed by atoms with Crippen molar-refractivity contribution in [2.75, 3.05) is 19.6 Å². The van der Waals surface area contributed by atoms with Gasteiger partial charge in [-0.25, -0.2) is 18.4 Å². The fourth-order valence-corrected chi connectivity index (χ4v) is 3.64. The number of carbonyl (C=O) groups is 1. The molecule has 1 aliphatic rings. The monoisotopic (exact) mass is 411 g/mol. The normalized spacial score (nSPS) is 15.4. The van der Waals surface area contributed by atoms with Gasteiger partial charge in [0, 0.05) is 24.7 Å². The Balaban J connectivity index is 1.52. The fraction of sp³-hybridized carbons (Fsp3) is 0.318. The van der Waals surface area contributed by atoms with Crippen LogP contribution in [0.15, 0.2) is 60.7 Å². The highest BCUT2D eigenvalue weighted by atomic mass is 19.3. The number of likely N-dealkylation sites (tertiary alicyclic amines) is 1. The molecule has 2 heterocycles. The maximum absolute atomic E-state index is 12.8. The first-order valence-corrected chi connectivity index (χ1v) is 9.99. The molecule has 6 nitrogen and oxygen atoms in total. The minimum Gasteiger partial charge on any atom is -0.346 e. The summed E-state index contributed by atoms with van der Waals surface area (Å²) in [5, 5.41) is 7.42. The van der Waals surface area contributed by atoms with E-state index in [1.54, 1.807) is 9.58 Å². The fourth-order valence-electron chi connectivity index (χ4n) is 3.64. The molecular weight excluding hydrogens is 388 g/mol. The Hall–Kier alpha value is -3.13. The van der Waals surface area contributed by atoms with Crippen LogP contribution in [0.25, 0.3) is 17.1 Å². The molecule has 2 aromatic carbocycles. The predicted molar refractivity (Wildman–Crippen MR) is 110 cm³/mol. The van der Waals surface area contributed by atoms with E-state index in [0.717, 1.165) is 11.3 Å². The average Bonchev–Trinajstić information content (AvgIpc) is 3.22. The van der Waals surface area contributed by atoms with Crippen molar-refractivity contribution in [3.8, 4) is 17.1 Å². The van der Waals surface area contributed by atoms with E-state index in [1.807, 2.05) is 60.7 Å². The van der Waals surface area contributed by atoms with Gasteiger partial charge in [0.1, 0.15) is 0 Å². The number of nitrogens with zero attached hydrogens (tertiary/aromatic N) is 4. The average molecular weight is 411 g/mol. The standard InChI is InChI=1S/C22H23F2N5O/c23-19(24)15-28-13-11-17(12-14-28)25-22(30)20-26-21(16-7-3-1-4-8-16)29(27-20)18-9-5-2-6-10-18/h1-10,17,19H,11-15H2,(H,25,30). The van der Waals surface area contributed by atoms with Gasteiger partial charge in [-0.2, -0.15) is 0 Å². The summed E-state index contributed by atoms with van der Waals surface area (Å²) in [6.45, 7) is 0.858. The number of para-hydroxylation sites is 1. The molecule has 4 rings (SSSR count). The number of amides is 1. The van der Waals surface area contributed by atoms with E-state index in [4.69, 9.17) is 0 Å². The molecule has 0 spiro atoms. The van der Waals surface area contributed by atoms with Crippen LogP contribution in [0.3, 0.4) is 0 Å². The Labute approximate surface area is 173 Å². The van der Waals surface area contributed by atoms with Crippen LogP contribution in [0.5, 0.6) is 0 Å². The van der Waals surface area contributed by atoms with Gasteiger partial charge in [-0.1, -0.05) is 48.5 Å². The molecule has 0 saturated carbocycles. The quantitative estimate of drug-likeness (QED) is 0.675. The Morgan fingerprint density at radius 2 is 1.67 bits per heavy atom. The largest absolute Gasteiger partial charge is 0.346 e. The Bertz CT molecular complexity index is 913. The van der Waals surface area contributed by atoms with Gasteiger partial charge in [0.2, 0.25) is 5.82 Å². The molecule has 1 aliphatic heterocycles. The summed E-state index contributed by atoms with van der Waals surface area (Å²) < 4.78 is 26.7. The number of piperidine rings is 1. The summed E-state index contributed by atoms with van der Waals surface area (Å²) in [6.07, 6.45) is -1.08. The van der Waals surface area contributed by atoms with Gasteiger partial charge in [0.15, 0.2) is 5.82 Å². The third kappa shape index (κ3) is 4.71. The summed E-state index contributed by atoms with van der Waals surface area (Å²) in [5.41, 5.74) is 1.66. The van der Waals surface area contributed by atoms with Crippen molar-refractivity contribution >= 4 is 5.91 Å². The highest BCUT2D eigenvalue weighted by Crippen LogP contribution is 2.21. The first-order valence-electron chi connectivity index (χ1n) is 9.99. The first kappa shape index (κ1) is 20.2. The maximum Gasteiger partial charge on any atom is 0.291 e. The van der Waals surface area contributed by atoms with Crippen molar-refractivity contribution in [2.24, 2.45) is 0 Å². The molecule has 3 aromatic rings. The third-order valence-electron chi connectivity index (χ3n) is 5.16. The van der Waals surface area contributed by atoms with Crippen LogP contribution in [0, 0.1) is 0 Å². The molecular formula is C22H23F2N5O. The molecule has 1 N–H and O–H groups in total. The maximum atomic E-state index is 12.8. The SMILES string of the molecule is O=C(NC1CCN(CC(F)F)CC1)c1nc(-c2ccccc2)n(-c2ccccc2)n1. The van der Waals surface area contributed by atoms with Crippen LogP contribution in [0.1, 0.15) is 23.5 Å². The number of rotatable bonds is 6. The zero-order valence-corrected chi connectivity index (χ0v) is 16.4. The number of nitrogens with one attached hydrogen (secondary N) is 1. The van der Waals surface area contributed by atoms with Crippen molar-refractivity contribution in [1.29, 1.82) is 0 Å². The van der Waals surface area contributed by atoms with Crippen LogP contribution in [0.4, 0.5) is 8.78 Å². The van der Waals surface area contributed by atoms with Crippen molar-refractivity contribution in [1.82, 2.24) is 25.0 Å². The van der Waals surface area contributed by atoms with Crippen LogP contribution in [0.2, 0.25) is 0 Å². The Kier molecular flexibility index (Phi) is 6.13. The molecule has 1 aromatic heterocycles. The third-order valence-corrected chi connectivity index (χ3v) is 5.16. The lowest BCUT2D eigenvalue weighted by Crippen LogP contribution is -2.46. The van der Waals surface area contributed by atoms with Crippen LogP contribution < -0.4 is 5.32 Å². The molecule has 0 bridgehead atoms. The van der Waals surface area contributed by atoms with Crippen LogP contribution in [-0.4, -0.2) is 57.7 Å². The number of aromatic nitrogens is 3. The van der Waals surface area contributed by atoms with Crippen molar-refractivity contribution in [3.05, 3.63) is 66.5 Å². The number of hydrogen-bond donors (Lipinski definition) is 1. The molecule has 156 valence electrons. The van der Waals surface area contributed by atoms with E-state index >= 15 is 0 Å². The molecule has 1 fully saturated rings. The van der Waals surface area contributed by atoms with E-state index in [-0.39, 0.29) is 24.3 Å². The Morgan fingerprint density at radius 1 is 1.03 bits per heavy atom. The summed E-state index contributed by atoms with van der Waals surface area (Å²) in [7, 11) is 0. The number of benzene rings is 2. The zero-order valence-electron chi connectivity index (χ0n) is 16.4. The van der Waals surface area contributed by atoms with E-state index in [2.05, 4.69) is 15.4 Å². The van der Waals surface area contributed by atoms with Gasteiger partial charge in [0.25, 0.3) is 12.3 Å². The smallest absolute Gasteiger partial charge is 0.291 e. The van der Waals surface area contributed by atoms with Gasteiger partial charge in [-0.3, -0.25) is 9.69 Å². The summed E-state index contributed by atoms with van der Waals surface area (Å²) in [5.74, 6) is 0.320. The number of alkyl halides is 2. The minimum absolute atomic E-state index is 0.0738. The molecule has 0 aliphatic carbocycles. The van der Waals surface area contributed by atoms with Gasteiger partial charge in [-0.05, 0) is 25.0 Å². The number of carbonyl (C=O) groups excluding carboxylic acids is 1. The summed E-state index contributed by atoms with van der Waals surface area (Å²) in [4.78, 5) is 19.0. The zero-order chi connectivity index (χ0) is 20.9. The summed E-state index contributed by atoms with van der Waals surface area (Å²) >= 11 is 0. The molecule has 8 heteroatoms. The molecule has 1 amide bonds. The summed E-state index contributed by atoms with van der Waals surface area (Å²) in [6, 6.07) is 19.0. The highest BCUT2D eigenvalue weighted by molar-refractivity contribution is 5.91. The van der Waals surface area contributed by atoms with Crippen LogP contribution in [-0.2, 0) is 0 Å². The van der Waals surface area contributed by atoms with E-state index in [9.17, 15) is 13.6 Å². The molecule has 30 heavy (non-hydrogen) atoms. The lowest BCUT2D eigenvalue weighted by Gasteiger charge is -2.31. The van der Waals surface area contributed by atoms with Crippen molar-refractivity contribution < 1.29 is 13.6 Å². The molecule has 0 unspecified atom stereocenters. The van der Waals surface area contributed by atoms with Gasteiger partial charge >= 0.3 is 0 Å². The Morgan fingerprint density at radius 3 is 2.30 bits per heavy atom. The van der Waals surface area contributed by atoms with Gasteiger partial charge in [-0.15, -0.1) is 5.10 Å². The van der Waals surface area contributed by atoms with Gasteiger partial charge in [0.05, 0.1) is 12.2 Å². The predicted octanol–water partition coefficient (Wildman–Crippen LogP) is 3.39. The minimum atomic E-state index is -2.33. The molecule has 0 radical (unpaired) electrons. The lowest BCUT2D eigenvalue weighted by atomic mass is 10.1. The topological polar surface area (TPSA) is 63.1 Å². The lowest BCUT2D eigenvalue weighted by molar-refractivity contribution is 0.0694. The second-order valence-corrected chi connectivity index (χ2v) is 7.31. The van der Waals surface area contributed by atoms with Crippen LogP contribution >= 0.6 is 0 Å². The number of halogens is 2. The van der Waals surface area contributed by atoms with Crippen molar-refractivity contribution in [3.63, 3.8) is 0 Å². The van der Waals surface area contributed by atoms with Crippen molar-refractivity contribution in [2.45, 2.75) is 25.3 Å². The second-order valence-electron chi connectivity index (χ2n) is 7.31. The van der Waals surface area contributed by atoms with E-state index in [0.29, 0.717) is 31.8 Å². The van der Waals surface area contributed by atoms with E-state index in [1.165, 1.54) is 0 Å². The molecule has 1 saturated heterocycles. The molecule has 0 atom stereocenters. The highest BCUT2D eigenvalue weighted by Gasteiger charge is 2.25.